The summed E-state index contributed by atoms with van der Waals surface area (Å²) in [5.41, 5.74) is 1.08. The lowest BCUT2D eigenvalue weighted by atomic mass is 10.2. The van der Waals surface area contributed by atoms with Crippen LogP contribution in [0.3, 0.4) is 0 Å². The van der Waals surface area contributed by atoms with Gasteiger partial charge in [0, 0.05) is 18.1 Å². The Morgan fingerprint density at radius 2 is 1.83 bits per heavy atom. The van der Waals surface area contributed by atoms with Gasteiger partial charge in [-0.1, -0.05) is 55.4 Å². The number of thioether (sulfide) groups is 1. The van der Waals surface area contributed by atoms with Crippen molar-refractivity contribution in [1.82, 2.24) is 14.5 Å². The van der Waals surface area contributed by atoms with Crippen LogP contribution in [0.4, 0.5) is 0 Å². The molecular formula is C22H24ClN3O2S. The number of hydrogen-bond acceptors (Lipinski definition) is 4. The highest BCUT2D eigenvalue weighted by Gasteiger charge is 2.17. The number of carbonyl (C=O) groups is 1. The van der Waals surface area contributed by atoms with Gasteiger partial charge in [-0.3, -0.25) is 14.2 Å². The Labute approximate surface area is 179 Å². The van der Waals surface area contributed by atoms with Gasteiger partial charge in [0.05, 0.1) is 22.3 Å². The maximum Gasteiger partial charge on any atom is 0.266 e. The Morgan fingerprint density at radius 1 is 1.10 bits per heavy atom. The molecule has 2 aromatic carbocycles. The second kappa shape index (κ2) is 9.94. The van der Waals surface area contributed by atoms with Crippen LogP contribution in [-0.2, 0) is 4.79 Å². The largest absolute Gasteiger partial charge is 0.342 e. The third kappa shape index (κ3) is 5.00. The first kappa shape index (κ1) is 21.4. The fourth-order valence-electron chi connectivity index (χ4n) is 3.17. The van der Waals surface area contributed by atoms with Crippen molar-refractivity contribution in [2.45, 2.75) is 31.8 Å². The summed E-state index contributed by atoms with van der Waals surface area (Å²) in [6.45, 7) is 5.59. The van der Waals surface area contributed by atoms with E-state index in [9.17, 15) is 9.59 Å². The van der Waals surface area contributed by atoms with Crippen LogP contribution < -0.4 is 5.56 Å². The van der Waals surface area contributed by atoms with E-state index in [1.54, 1.807) is 24.3 Å². The van der Waals surface area contributed by atoms with Crippen molar-refractivity contribution in [1.29, 1.82) is 0 Å². The summed E-state index contributed by atoms with van der Waals surface area (Å²) >= 11 is 7.44. The van der Waals surface area contributed by atoms with E-state index in [2.05, 4.69) is 18.8 Å². The van der Waals surface area contributed by atoms with Gasteiger partial charge in [0.15, 0.2) is 5.16 Å². The molecule has 0 aliphatic carbocycles. The Bertz CT molecular complexity index is 1060. The first-order chi connectivity index (χ1) is 14.0. The van der Waals surface area contributed by atoms with Crippen molar-refractivity contribution in [3.05, 3.63) is 63.9 Å². The summed E-state index contributed by atoms with van der Waals surface area (Å²) in [4.78, 5) is 32.5. The lowest BCUT2D eigenvalue weighted by Crippen LogP contribution is -2.34. The zero-order valence-corrected chi connectivity index (χ0v) is 18.2. The molecular weight excluding hydrogens is 406 g/mol. The quantitative estimate of drug-likeness (QED) is 0.382. The first-order valence-electron chi connectivity index (χ1n) is 9.73. The third-order valence-electron chi connectivity index (χ3n) is 4.48. The number of fused-ring (bicyclic) bond motifs is 1. The maximum absolute atomic E-state index is 13.2. The average Bonchev–Trinajstić information content (AvgIpc) is 2.72. The molecule has 152 valence electrons. The zero-order valence-electron chi connectivity index (χ0n) is 16.6. The Kier molecular flexibility index (Phi) is 7.34. The average molecular weight is 430 g/mol. The van der Waals surface area contributed by atoms with Crippen LogP contribution in [0.5, 0.6) is 0 Å². The van der Waals surface area contributed by atoms with Gasteiger partial charge in [-0.2, -0.15) is 0 Å². The van der Waals surface area contributed by atoms with Crippen LogP contribution >= 0.6 is 23.4 Å². The van der Waals surface area contributed by atoms with Gasteiger partial charge in [0.25, 0.3) is 5.56 Å². The molecule has 1 aromatic heterocycles. The summed E-state index contributed by atoms with van der Waals surface area (Å²) < 4.78 is 1.54. The van der Waals surface area contributed by atoms with E-state index in [1.807, 2.05) is 29.2 Å². The van der Waals surface area contributed by atoms with Crippen LogP contribution in [0.15, 0.2) is 58.5 Å². The van der Waals surface area contributed by atoms with Crippen molar-refractivity contribution >= 4 is 40.2 Å². The molecule has 0 radical (unpaired) electrons. The molecule has 0 saturated heterocycles. The van der Waals surface area contributed by atoms with Crippen molar-refractivity contribution < 1.29 is 4.79 Å². The monoisotopic (exact) mass is 429 g/mol. The molecule has 0 aliphatic heterocycles. The highest BCUT2D eigenvalue weighted by Crippen LogP contribution is 2.23. The predicted molar refractivity (Wildman–Crippen MR) is 120 cm³/mol. The molecule has 5 nitrogen and oxygen atoms in total. The Morgan fingerprint density at radius 3 is 2.52 bits per heavy atom. The number of nitrogens with zero attached hydrogens (tertiary/aromatic N) is 3. The van der Waals surface area contributed by atoms with E-state index in [-0.39, 0.29) is 17.2 Å². The van der Waals surface area contributed by atoms with Crippen LogP contribution in [0, 0.1) is 0 Å². The number of rotatable bonds is 8. The van der Waals surface area contributed by atoms with Crippen molar-refractivity contribution in [3.63, 3.8) is 0 Å². The molecule has 29 heavy (non-hydrogen) atoms. The van der Waals surface area contributed by atoms with Crippen LogP contribution in [0.2, 0.25) is 5.02 Å². The number of carbonyl (C=O) groups excluding carboxylic acids is 1. The Hall–Kier alpha value is -2.31. The van der Waals surface area contributed by atoms with Crippen LogP contribution in [0.25, 0.3) is 16.6 Å². The summed E-state index contributed by atoms with van der Waals surface area (Å²) in [6.07, 6.45) is 1.83. The molecule has 0 N–H and O–H groups in total. The molecule has 1 heterocycles. The molecule has 1 amide bonds. The number of benzene rings is 2. The van der Waals surface area contributed by atoms with Crippen molar-refractivity contribution in [2.75, 3.05) is 18.8 Å². The molecule has 0 atom stereocenters. The van der Waals surface area contributed by atoms with Gasteiger partial charge in [-0.05, 0) is 43.2 Å². The van der Waals surface area contributed by atoms with Crippen molar-refractivity contribution in [2.24, 2.45) is 0 Å². The zero-order chi connectivity index (χ0) is 20.8. The number of hydrogen-bond donors (Lipinski definition) is 0. The van der Waals surface area contributed by atoms with Gasteiger partial charge in [0.2, 0.25) is 5.91 Å². The topological polar surface area (TPSA) is 55.2 Å². The van der Waals surface area contributed by atoms with Gasteiger partial charge >= 0.3 is 0 Å². The van der Waals surface area contributed by atoms with Gasteiger partial charge in [0.1, 0.15) is 0 Å². The fourth-order valence-corrected chi connectivity index (χ4v) is 4.27. The highest BCUT2D eigenvalue weighted by molar-refractivity contribution is 7.99. The fraction of sp³-hybridized carbons (Fsp3) is 0.318. The third-order valence-corrected chi connectivity index (χ3v) is 5.63. The number of amides is 1. The second-order valence-corrected chi connectivity index (χ2v) is 8.08. The molecule has 0 aliphatic rings. The molecule has 0 saturated carbocycles. The molecule has 3 aromatic rings. The van der Waals surface area contributed by atoms with Crippen molar-refractivity contribution in [3.8, 4) is 5.69 Å². The first-order valence-corrected chi connectivity index (χ1v) is 11.1. The number of para-hydroxylation sites is 1. The minimum Gasteiger partial charge on any atom is -0.342 e. The van der Waals surface area contributed by atoms with E-state index in [4.69, 9.17) is 11.6 Å². The molecule has 0 unspecified atom stereocenters. The van der Waals surface area contributed by atoms with Crippen LogP contribution in [-0.4, -0.2) is 39.2 Å². The maximum atomic E-state index is 13.2. The van der Waals surface area contributed by atoms with Gasteiger partial charge in [-0.15, -0.1) is 0 Å². The van der Waals surface area contributed by atoms with E-state index in [0.717, 1.165) is 25.9 Å². The molecule has 7 heteroatoms. The predicted octanol–water partition coefficient (Wildman–Crippen LogP) is 4.78. The highest BCUT2D eigenvalue weighted by atomic mass is 35.5. The molecule has 3 rings (SSSR count). The van der Waals surface area contributed by atoms with E-state index < -0.39 is 0 Å². The standard InChI is InChI=1S/C22H24ClN3O2S/c1-3-12-25(13-4-2)20(27)15-29-22-24-19-11-6-5-10-18(19)21(28)26(22)17-9-7-8-16(23)14-17/h5-11,14H,3-4,12-13,15H2,1-2H3. The summed E-state index contributed by atoms with van der Waals surface area (Å²) in [6, 6.07) is 14.3. The lowest BCUT2D eigenvalue weighted by Gasteiger charge is -2.21. The molecule has 0 bridgehead atoms. The molecule has 0 fully saturated rings. The van der Waals surface area contributed by atoms with E-state index in [1.165, 1.54) is 16.3 Å². The smallest absolute Gasteiger partial charge is 0.266 e. The summed E-state index contributed by atoms with van der Waals surface area (Å²) in [7, 11) is 0. The SMILES string of the molecule is CCCN(CCC)C(=O)CSc1nc2ccccc2c(=O)n1-c1cccc(Cl)c1. The minimum absolute atomic E-state index is 0.0544. The lowest BCUT2D eigenvalue weighted by molar-refractivity contribution is -0.128. The normalized spacial score (nSPS) is 11.0. The number of aromatic nitrogens is 2. The summed E-state index contributed by atoms with van der Waals surface area (Å²) in [5.74, 6) is 0.282. The van der Waals surface area contributed by atoms with Crippen LogP contribution in [0.1, 0.15) is 26.7 Å². The van der Waals surface area contributed by atoms with Gasteiger partial charge < -0.3 is 4.90 Å². The number of halogens is 1. The Balaban J connectivity index is 2.01. The van der Waals surface area contributed by atoms with E-state index >= 15 is 0 Å². The van der Waals surface area contributed by atoms with E-state index in [0.29, 0.717) is 26.8 Å². The van der Waals surface area contributed by atoms with Gasteiger partial charge in [-0.25, -0.2) is 4.98 Å². The minimum atomic E-state index is -0.174. The molecule has 0 spiro atoms. The second-order valence-electron chi connectivity index (χ2n) is 6.70. The summed E-state index contributed by atoms with van der Waals surface area (Å²) in [5, 5.41) is 1.55.